The molecule has 0 atom stereocenters. The molecule has 1 N–H and O–H groups in total. The van der Waals surface area contributed by atoms with Crippen LogP contribution in [0.4, 0.5) is 0 Å². The molecule has 0 unspecified atom stereocenters. The largest absolute Gasteiger partial charge is 0.316 e. The molecule has 0 aliphatic heterocycles. The van der Waals surface area contributed by atoms with Gasteiger partial charge in [0.1, 0.15) is 0 Å². The van der Waals surface area contributed by atoms with Crippen molar-refractivity contribution in [2.45, 2.75) is 33.6 Å². The van der Waals surface area contributed by atoms with Crippen LogP contribution >= 0.6 is 0 Å². The Morgan fingerprint density at radius 3 is 2.69 bits per heavy atom. The summed E-state index contributed by atoms with van der Waals surface area (Å²) in [5.41, 5.74) is 1.42. The molecule has 76 valence electrons. The first-order valence-corrected chi connectivity index (χ1v) is 5.14. The van der Waals surface area contributed by atoms with Crippen LogP contribution in [0.1, 0.15) is 33.6 Å². The summed E-state index contributed by atoms with van der Waals surface area (Å²) >= 11 is 0. The van der Waals surface area contributed by atoms with Gasteiger partial charge in [0.2, 0.25) is 0 Å². The molecule has 13 heavy (non-hydrogen) atoms. The van der Waals surface area contributed by atoms with Crippen LogP contribution in [-0.4, -0.2) is 13.1 Å². The van der Waals surface area contributed by atoms with Gasteiger partial charge in [0.05, 0.1) is 0 Å². The zero-order valence-corrected chi connectivity index (χ0v) is 9.27. The van der Waals surface area contributed by atoms with E-state index in [-0.39, 0.29) is 0 Å². The summed E-state index contributed by atoms with van der Waals surface area (Å²) in [5.74, 6) is 0.748. The van der Waals surface area contributed by atoms with E-state index in [1.165, 1.54) is 5.57 Å². The fourth-order valence-corrected chi connectivity index (χ4v) is 1.12. The molecule has 1 heteroatoms. The van der Waals surface area contributed by atoms with E-state index in [4.69, 9.17) is 0 Å². The molecular weight excluding hydrogens is 158 g/mol. The van der Waals surface area contributed by atoms with Crippen LogP contribution in [0, 0.1) is 5.92 Å². The highest BCUT2D eigenvalue weighted by Crippen LogP contribution is 2.00. The topological polar surface area (TPSA) is 12.0 Å². The monoisotopic (exact) mass is 181 g/mol. The summed E-state index contributed by atoms with van der Waals surface area (Å²) in [6.45, 7) is 12.5. The van der Waals surface area contributed by atoms with Crippen molar-refractivity contribution >= 4 is 0 Å². The fourth-order valence-electron chi connectivity index (χ4n) is 1.12. The average Bonchev–Trinajstić information content (AvgIpc) is 2.03. The number of hydrogen-bond acceptors (Lipinski definition) is 1. The van der Waals surface area contributed by atoms with Gasteiger partial charge in [-0.05, 0) is 38.8 Å². The first kappa shape index (κ1) is 12.4. The zero-order valence-electron chi connectivity index (χ0n) is 9.27. The van der Waals surface area contributed by atoms with Gasteiger partial charge in [-0.3, -0.25) is 0 Å². The second-order valence-corrected chi connectivity index (χ2v) is 3.93. The summed E-state index contributed by atoms with van der Waals surface area (Å²) in [6, 6.07) is 0. The Hall–Kier alpha value is -0.560. The molecule has 0 aromatic carbocycles. The van der Waals surface area contributed by atoms with E-state index in [0.717, 1.165) is 31.8 Å². The highest BCUT2D eigenvalue weighted by molar-refractivity contribution is 5.02. The van der Waals surface area contributed by atoms with E-state index in [0.29, 0.717) is 0 Å². The first-order chi connectivity index (χ1) is 6.16. The van der Waals surface area contributed by atoms with Crippen molar-refractivity contribution in [2.24, 2.45) is 5.92 Å². The summed E-state index contributed by atoms with van der Waals surface area (Å²) < 4.78 is 0. The molecule has 0 heterocycles. The lowest BCUT2D eigenvalue weighted by Crippen LogP contribution is -2.20. The molecule has 0 bridgehead atoms. The van der Waals surface area contributed by atoms with Crippen molar-refractivity contribution in [1.82, 2.24) is 5.32 Å². The van der Waals surface area contributed by atoms with Crippen molar-refractivity contribution in [3.63, 3.8) is 0 Å². The van der Waals surface area contributed by atoms with Crippen molar-refractivity contribution in [3.05, 3.63) is 24.3 Å². The van der Waals surface area contributed by atoms with Gasteiger partial charge in [-0.15, -0.1) is 6.58 Å². The molecule has 0 fully saturated rings. The highest BCUT2D eigenvalue weighted by atomic mass is 14.8. The first-order valence-electron chi connectivity index (χ1n) is 5.14. The van der Waals surface area contributed by atoms with Gasteiger partial charge in [-0.25, -0.2) is 0 Å². The maximum atomic E-state index is 3.71. The zero-order chi connectivity index (χ0) is 10.1. The minimum Gasteiger partial charge on any atom is -0.316 e. The molecule has 0 aromatic rings. The van der Waals surface area contributed by atoms with Gasteiger partial charge < -0.3 is 5.32 Å². The van der Waals surface area contributed by atoms with Crippen LogP contribution in [0.15, 0.2) is 24.3 Å². The van der Waals surface area contributed by atoms with E-state index >= 15 is 0 Å². The minimum atomic E-state index is 0.748. The van der Waals surface area contributed by atoms with Crippen LogP contribution in [-0.2, 0) is 0 Å². The van der Waals surface area contributed by atoms with Gasteiger partial charge in [0.15, 0.2) is 0 Å². The Balaban J connectivity index is 3.33. The third kappa shape index (κ3) is 9.35. The summed E-state index contributed by atoms with van der Waals surface area (Å²) in [4.78, 5) is 0. The molecule has 0 spiro atoms. The standard InChI is InChI=1S/C12H23N/c1-5-7-12(4)8-6-9-13-10-11(2)3/h5,8,11,13H,1,6-7,9-10H2,2-4H3. The molecule has 0 saturated carbocycles. The van der Waals surface area contributed by atoms with Crippen LogP contribution in [0.3, 0.4) is 0 Å². The smallest absolute Gasteiger partial charge is 0.00141 e. The number of rotatable bonds is 7. The Bertz CT molecular complexity index is 157. The SMILES string of the molecule is C=CCC(C)=CCCNCC(C)C. The van der Waals surface area contributed by atoms with Crippen molar-refractivity contribution in [2.75, 3.05) is 13.1 Å². The third-order valence-corrected chi connectivity index (χ3v) is 1.83. The molecule has 0 radical (unpaired) electrons. The molecule has 0 aliphatic carbocycles. The quantitative estimate of drug-likeness (QED) is 0.470. The number of hydrogen-bond donors (Lipinski definition) is 1. The van der Waals surface area contributed by atoms with Crippen LogP contribution in [0.5, 0.6) is 0 Å². The maximum Gasteiger partial charge on any atom is -0.00141 e. The minimum absolute atomic E-state index is 0.748. The molecule has 0 rings (SSSR count). The van der Waals surface area contributed by atoms with Crippen LogP contribution in [0.2, 0.25) is 0 Å². The molecular formula is C12H23N. The normalized spacial score (nSPS) is 12.2. The van der Waals surface area contributed by atoms with Crippen molar-refractivity contribution in [1.29, 1.82) is 0 Å². The molecule has 0 aromatic heterocycles. The fraction of sp³-hybridized carbons (Fsp3) is 0.667. The summed E-state index contributed by atoms with van der Waals surface area (Å²) in [5, 5.41) is 3.41. The van der Waals surface area contributed by atoms with E-state index in [1.807, 2.05) is 6.08 Å². The van der Waals surface area contributed by atoms with Crippen molar-refractivity contribution < 1.29 is 0 Å². The molecule has 0 saturated heterocycles. The van der Waals surface area contributed by atoms with Gasteiger partial charge in [-0.1, -0.05) is 31.6 Å². The Morgan fingerprint density at radius 1 is 1.46 bits per heavy atom. The van der Waals surface area contributed by atoms with E-state index in [2.05, 4.69) is 38.7 Å². The van der Waals surface area contributed by atoms with Gasteiger partial charge in [0, 0.05) is 0 Å². The van der Waals surface area contributed by atoms with E-state index < -0.39 is 0 Å². The van der Waals surface area contributed by atoms with Crippen molar-refractivity contribution in [3.8, 4) is 0 Å². The number of nitrogens with one attached hydrogen (secondary N) is 1. The highest BCUT2D eigenvalue weighted by Gasteiger charge is 1.91. The van der Waals surface area contributed by atoms with E-state index in [1.54, 1.807) is 0 Å². The molecule has 0 aliphatic rings. The van der Waals surface area contributed by atoms with Gasteiger partial charge >= 0.3 is 0 Å². The third-order valence-electron chi connectivity index (χ3n) is 1.83. The summed E-state index contributed by atoms with van der Waals surface area (Å²) in [7, 11) is 0. The lowest BCUT2D eigenvalue weighted by atomic mass is 10.2. The average molecular weight is 181 g/mol. The second-order valence-electron chi connectivity index (χ2n) is 3.93. The van der Waals surface area contributed by atoms with E-state index in [9.17, 15) is 0 Å². The predicted octanol–water partition coefficient (Wildman–Crippen LogP) is 3.14. The van der Waals surface area contributed by atoms with Crippen LogP contribution in [0.25, 0.3) is 0 Å². The molecule has 0 amide bonds. The number of allylic oxidation sites excluding steroid dienone is 2. The Morgan fingerprint density at radius 2 is 2.15 bits per heavy atom. The van der Waals surface area contributed by atoms with Gasteiger partial charge in [-0.2, -0.15) is 0 Å². The van der Waals surface area contributed by atoms with Gasteiger partial charge in [0.25, 0.3) is 0 Å². The Kier molecular flexibility index (Phi) is 7.71. The Labute approximate surface area is 82.9 Å². The predicted molar refractivity (Wildman–Crippen MR) is 60.9 cm³/mol. The lowest BCUT2D eigenvalue weighted by molar-refractivity contribution is 0.556. The molecule has 1 nitrogen and oxygen atoms in total. The lowest BCUT2D eigenvalue weighted by Gasteiger charge is -2.05. The maximum absolute atomic E-state index is 3.71. The second kappa shape index (κ2) is 8.06. The van der Waals surface area contributed by atoms with Crippen LogP contribution < -0.4 is 5.32 Å². The summed E-state index contributed by atoms with van der Waals surface area (Å²) in [6.07, 6.45) is 6.39.